The summed E-state index contributed by atoms with van der Waals surface area (Å²) >= 11 is 0. The number of hydrogen-bond acceptors (Lipinski definition) is 1. The molecular formula is C42H29N3. The van der Waals surface area contributed by atoms with Crippen molar-refractivity contribution in [2.24, 2.45) is 0 Å². The molecule has 9 rings (SSSR count). The topological polar surface area (TPSA) is 21.9 Å². The molecule has 0 saturated carbocycles. The van der Waals surface area contributed by atoms with Crippen molar-refractivity contribution in [2.75, 3.05) is 5.32 Å². The molecule has 0 unspecified atom stereocenters. The summed E-state index contributed by atoms with van der Waals surface area (Å²) in [5.41, 5.74) is 11.7. The fourth-order valence-corrected chi connectivity index (χ4v) is 6.81. The minimum absolute atomic E-state index is 1.06. The van der Waals surface area contributed by atoms with Crippen LogP contribution in [0.2, 0.25) is 0 Å². The quantitative estimate of drug-likeness (QED) is 0.217. The number of aromatic nitrogens is 2. The van der Waals surface area contributed by atoms with Gasteiger partial charge in [-0.05, 0) is 90.0 Å². The number of anilines is 2. The first-order valence-electron chi connectivity index (χ1n) is 15.4. The predicted molar refractivity (Wildman–Crippen MR) is 190 cm³/mol. The average molecular weight is 576 g/mol. The molecule has 0 radical (unpaired) electrons. The van der Waals surface area contributed by atoms with E-state index in [1.54, 1.807) is 0 Å². The molecule has 0 amide bonds. The minimum Gasteiger partial charge on any atom is -0.356 e. The Morgan fingerprint density at radius 1 is 0.311 bits per heavy atom. The zero-order valence-corrected chi connectivity index (χ0v) is 24.6. The monoisotopic (exact) mass is 575 g/mol. The fourth-order valence-electron chi connectivity index (χ4n) is 6.81. The summed E-state index contributed by atoms with van der Waals surface area (Å²) in [5.74, 6) is 0. The van der Waals surface area contributed by atoms with Gasteiger partial charge in [0.25, 0.3) is 0 Å². The third kappa shape index (κ3) is 4.21. The molecule has 7 aromatic carbocycles. The Balaban J connectivity index is 1.01. The Morgan fingerprint density at radius 2 is 0.733 bits per heavy atom. The molecule has 212 valence electrons. The van der Waals surface area contributed by atoms with Gasteiger partial charge in [0, 0.05) is 44.3 Å². The lowest BCUT2D eigenvalue weighted by Crippen LogP contribution is -1.95. The van der Waals surface area contributed by atoms with Crippen molar-refractivity contribution in [3.63, 3.8) is 0 Å². The van der Waals surface area contributed by atoms with E-state index in [1.165, 1.54) is 60.4 Å². The number of nitrogens with one attached hydrogen (secondary N) is 1. The summed E-state index contributed by atoms with van der Waals surface area (Å²) < 4.78 is 4.70. The molecule has 0 aliphatic heterocycles. The van der Waals surface area contributed by atoms with Crippen molar-refractivity contribution in [3.05, 3.63) is 170 Å². The molecule has 0 aliphatic rings. The van der Waals surface area contributed by atoms with Crippen LogP contribution in [-0.2, 0) is 0 Å². The second-order valence-corrected chi connectivity index (χ2v) is 11.5. The molecule has 0 atom stereocenters. The number of benzene rings is 7. The molecule has 45 heavy (non-hydrogen) atoms. The SMILES string of the molecule is c1ccc(-n2c3ccccc3c3cc(-c4ccc(Nc5ccc(-n6c7ccccc7c7ccccc76)cc5)cc4)ccc32)cc1. The first-order valence-corrected chi connectivity index (χ1v) is 15.4. The number of para-hydroxylation sites is 4. The summed E-state index contributed by atoms with van der Waals surface area (Å²) in [5, 5.41) is 8.67. The van der Waals surface area contributed by atoms with Crippen molar-refractivity contribution < 1.29 is 0 Å². The Labute approximate surface area is 261 Å². The zero-order chi connectivity index (χ0) is 29.7. The van der Waals surface area contributed by atoms with Gasteiger partial charge in [-0.2, -0.15) is 0 Å². The Hall–Kier alpha value is -6.06. The lowest BCUT2D eigenvalue weighted by molar-refractivity contribution is 1.18. The predicted octanol–water partition coefficient (Wildman–Crippen LogP) is 11.3. The molecular weight excluding hydrogens is 546 g/mol. The maximum absolute atomic E-state index is 3.59. The van der Waals surface area contributed by atoms with E-state index in [0.717, 1.165) is 17.1 Å². The van der Waals surface area contributed by atoms with Crippen molar-refractivity contribution in [1.82, 2.24) is 9.13 Å². The third-order valence-corrected chi connectivity index (χ3v) is 8.90. The summed E-state index contributed by atoms with van der Waals surface area (Å²) in [7, 11) is 0. The molecule has 3 nitrogen and oxygen atoms in total. The van der Waals surface area contributed by atoms with Crippen molar-refractivity contribution in [2.45, 2.75) is 0 Å². The van der Waals surface area contributed by atoms with Crippen LogP contribution in [0.1, 0.15) is 0 Å². The van der Waals surface area contributed by atoms with Crippen LogP contribution in [-0.4, -0.2) is 9.13 Å². The summed E-state index contributed by atoms with van der Waals surface area (Å²) in [6, 6.07) is 60.7. The van der Waals surface area contributed by atoms with E-state index in [2.05, 4.69) is 184 Å². The maximum Gasteiger partial charge on any atom is 0.0541 e. The van der Waals surface area contributed by atoms with E-state index in [0.29, 0.717) is 0 Å². The van der Waals surface area contributed by atoms with Crippen LogP contribution >= 0.6 is 0 Å². The smallest absolute Gasteiger partial charge is 0.0541 e. The van der Waals surface area contributed by atoms with Gasteiger partial charge in [0.2, 0.25) is 0 Å². The molecule has 2 aromatic heterocycles. The van der Waals surface area contributed by atoms with Gasteiger partial charge in [-0.3, -0.25) is 0 Å². The molecule has 0 aliphatic carbocycles. The van der Waals surface area contributed by atoms with Crippen LogP contribution in [0.3, 0.4) is 0 Å². The van der Waals surface area contributed by atoms with Gasteiger partial charge in [0.05, 0.1) is 22.1 Å². The standard InChI is InChI=1S/C42H29N3/c1-2-10-33(11-3-1)44-41-17-9-6-14-37(41)38-28-30(20-27-42(38)44)29-18-21-31(22-19-29)43-32-23-25-34(26-24-32)45-39-15-7-4-12-35(39)36-13-5-8-16-40(36)45/h1-28,43H. The molecule has 0 fully saturated rings. The van der Waals surface area contributed by atoms with Crippen LogP contribution in [0.25, 0.3) is 66.1 Å². The highest BCUT2D eigenvalue weighted by Crippen LogP contribution is 2.36. The fraction of sp³-hybridized carbons (Fsp3) is 0. The van der Waals surface area contributed by atoms with Crippen molar-refractivity contribution in [3.8, 4) is 22.5 Å². The number of fused-ring (bicyclic) bond motifs is 6. The normalized spacial score (nSPS) is 11.6. The number of nitrogens with zero attached hydrogens (tertiary/aromatic N) is 2. The summed E-state index contributed by atoms with van der Waals surface area (Å²) in [6.07, 6.45) is 0. The van der Waals surface area contributed by atoms with E-state index in [9.17, 15) is 0 Å². The molecule has 3 heteroatoms. The Bertz CT molecular complexity index is 2430. The molecule has 9 aromatic rings. The van der Waals surface area contributed by atoms with E-state index in [-0.39, 0.29) is 0 Å². The Morgan fingerprint density at radius 3 is 1.31 bits per heavy atom. The van der Waals surface area contributed by atoms with Crippen LogP contribution in [0.4, 0.5) is 11.4 Å². The van der Waals surface area contributed by atoms with Gasteiger partial charge in [0.15, 0.2) is 0 Å². The largest absolute Gasteiger partial charge is 0.356 e. The maximum atomic E-state index is 3.59. The first kappa shape index (κ1) is 25.4. The van der Waals surface area contributed by atoms with Crippen LogP contribution in [0.5, 0.6) is 0 Å². The number of hydrogen-bond donors (Lipinski definition) is 1. The van der Waals surface area contributed by atoms with Crippen molar-refractivity contribution in [1.29, 1.82) is 0 Å². The van der Waals surface area contributed by atoms with Gasteiger partial charge in [-0.1, -0.05) is 91.0 Å². The van der Waals surface area contributed by atoms with Crippen LogP contribution in [0, 0.1) is 0 Å². The summed E-state index contributed by atoms with van der Waals surface area (Å²) in [6.45, 7) is 0. The van der Waals surface area contributed by atoms with Crippen LogP contribution in [0.15, 0.2) is 170 Å². The molecule has 0 spiro atoms. The van der Waals surface area contributed by atoms with Gasteiger partial charge in [0.1, 0.15) is 0 Å². The summed E-state index contributed by atoms with van der Waals surface area (Å²) in [4.78, 5) is 0. The average Bonchev–Trinajstić information content (AvgIpc) is 3.62. The number of rotatable bonds is 5. The van der Waals surface area contributed by atoms with E-state index >= 15 is 0 Å². The third-order valence-electron chi connectivity index (χ3n) is 8.90. The second kappa shape index (κ2) is 10.3. The lowest BCUT2D eigenvalue weighted by atomic mass is 10.0. The first-order chi connectivity index (χ1) is 22.3. The van der Waals surface area contributed by atoms with Crippen LogP contribution < -0.4 is 5.32 Å². The lowest BCUT2D eigenvalue weighted by Gasteiger charge is -2.11. The molecule has 2 heterocycles. The highest BCUT2D eigenvalue weighted by atomic mass is 15.0. The van der Waals surface area contributed by atoms with E-state index in [1.807, 2.05) is 0 Å². The Kier molecular flexibility index (Phi) is 5.82. The zero-order valence-electron chi connectivity index (χ0n) is 24.6. The molecule has 0 saturated heterocycles. The highest BCUT2D eigenvalue weighted by Gasteiger charge is 2.14. The molecule has 1 N–H and O–H groups in total. The van der Waals surface area contributed by atoms with Gasteiger partial charge in [-0.25, -0.2) is 0 Å². The van der Waals surface area contributed by atoms with Crippen molar-refractivity contribution >= 4 is 55.0 Å². The van der Waals surface area contributed by atoms with Gasteiger partial charge < -0.3 is 14.5 Å². The van der Waals surface area contributed by atoms with Gasteiger partial charge in [-0.15, -0.1) is 0 Å². The van der Waals surface area contributed by atoms with Gasteiger partial charge >= 0.3 is 0 Å². The minimum atomic E-state index is 1.06. The van der Waals surface area contributed by atoms with E-state index in [4.69, 9.17) is 0 Å². The second-order valence-electron chi connectivity index (χ2n) is 11.5. The van der Waals surface area contributed by atoms with E-state index < -0.39 is 0 Å². The molecule has 0 bridgehead atoms. The highest BCUT2D eigenvalue weighted by molar-refractivity contribution is 6.11.